The van der Waals surface area contributed by atoms with E-state index in [0.29, 0.717) is 5.56 Å². The van der Waals surface area contributed by atoms with E-state index in [2.05, 4.69) is 0 Å². The fraction of sp³-hybridized carbons (Fsp3) is 0.375. The van der Waals surface area contributed by atoms with Crippen molar-refractivity contribution in [2.45, 2.75) is 58.0 Å². The zero-order valence-electron chi connectivity index (χ0n) is 18.1. The SMILES string of the molecule is Cc1cc(C)c(C[C@H](N)C(=O)C(CC(N)=O)(C(=O)[C@@H](C)N)c2ccccc2)c(C)c1. The van der Waals surface area contributed by atoms with Gasteiger partial charge < -0.3 is 17.2 Å². The lowest BCUT2D eigenvalue weighted by Gasteiger charge is -2.34. The van der Waals surface area contributed by atoms with Crippen LogP contribution in [0.4, 0.5) is 0 Å². The Morgan fingerprint density at radius 3 is 1.93 bits per heavy atom. The van der Waals surface area contributed by atoms with Gasteiger partial charge in [-0.2, -0.15) is 0 Å². The average molecular weight is 410 g/mol. The molecular weight excluding hydrogens is 378 g/mol. The maximum Gasteiger partial charge on any atom is 0.219 e. The molecule has 6 heteroatoms. The Balaban J connectivity index is 2.59. The van der Waals surface area contributed by atoms with E-state index in [1.165, 1.54) is 6.92 Å². The molecule has 0 aliphatic carbocycles. The van der Waals surface area contributed by atoms with Crippen LogP contribution in [-0.4, -0.2) is 29.6 Å². The number of primary amides is 1. The van der Waals surface area contributed by atoms with Gasteiger partial charge in [0.25, 0.3) is 0 Å². The number of hydrogen-bond donors (Lipinski definition) is 3. The molecule has 0 aromatic heterocycles. The van der Waals surface area contributed by atoms with Gasteiger partial charge in [-0.1, -0.05) is 48.0 Å². The van der Waals surface area contributed by atoms with Crippen molar-refractivity contribution in [1.82, 2.24) is 0 Å². The lowest BCUT2D eigenvalue weighted by Crippen LogP contribution is -2.57. The summed E-state index contributed by atoms with van der Waals surface area (Å²) in [5, 5.41) is 0. The molecule has 0 bridgehead atoms. The summed E-state index contributed by atoms with van der Waals surface area (Å²) >= 11 is 0. The smallest absolute Gasteiger partial charge is 0.219 e. The lowest BCUT2D eigenvalue weighted by atomic mass is 9.66. The summed E-state index contributed by atoms with van der Waals surface area (Å²) in [6.07, 6.45) is -0.230. The molecule has 2 aromatic rings. The molecule has 0 saturated carbocycles. The van der Waals surface area contributed by atoms with Crippen LogP contribution in [0, 0.1) is 20.8 Å². The Kier molecular flexibility index (Phi) is 7.29. The zero-order chi connectivity index (χ0) is 22.6. The molecular formula is C24H31N3O3. The number of carbonyl (C=O) groups is 3. The van der Waals surface area contributed by atoms with Crippen molar-refractivity contribution in [3.63, 3.8) is 0 Å². The van der Waals surface area contributed by atoms with Crippen LogP contribution in [0.5, 0.6) is 0 Å². The van der Waals surface area contributed by atoms with Crippen LogP contribution < -0.4 is 17.2 Å². The van der Waals surface area contributed by atoms with Crippen LogP contribution in [0.3, 0.4) is 0 Å². The molecule has 0 aliphatic heterocycles. The summed E-state index contributed by atoms with van der Waals surface area (Å²) in [5.41, 5.74) is 20.4. The van der Waals surface area contributed by atoms with Gasteiger partial charge in [-0.3, -0.25) is 14.4 Å². The van der Waals surface area contributed by atoms with Gasteiger partial charge in [0, 0.05) is 0 Å². The van der Waals surface area contributed by atoms with Crippen molar-refractivity contribution in [3.05, 3.63) is 70.3 Å². The molecule has 0 fully saturated rings. The average Bonchev–Trinajstić information content (AvgIpc) is 2.68. The van der Waals surface area contributed by atoms with Crippen molar-refractivity contribution < 1.29 is 14.4 Å². The van der Waals surface area contributed by atoms with Gasteiger partial charge in [-0.25, -0.2) is 0 Å². The molecule has 0 heterocycles. The monoisotopic (exact) mass is 409 g/mol. The molecule has 3 atom stereocenters. The largest absolute Gasteiger partial charge is 0.370 e. The number of nitrogens with two attached hydrogens (primary N) is 3. The third kappa shape index (κ3) is 4.66. The molecule has 6 N–H and O–H groups in total. The Morgan fingerprint density at radius 1 is 0.933 bits per heavy atom. The van der Waals surface area contributed by atoms with Crippen molar-refractivity contribution in [2.75, 3.05) is 0 Å². The van der Waals surface area contributed by atoms with Gasteiger partial charge in [-0.05, 0) is 56.4 Å². The first-order valence-corrected chi connectivity index (χ1v) is 10.0. The third-order valence-electron chi connectivity index (χ3n) is 5.56. The summed E-state index contributed by atoms with van der Waals surface area (Å²) in [5.74, 6) is -1.88. The van der Waals surface area contributed by atoms with E-state index in [9.17, 15) is 14.4 Å². The highest BCUT2D eigenvalue weighted by Crippen LogP contribution is 2.33. The number of amides is 1. The molecule has 30 heavy (non-hydrogen) atoms. The van der Waals surface area contributed by atoms with Crippen LogP contribution in [0.2, 0.25) is 0 Å². The molecule has 0 saturated heterocycles. The van der Waals surface area contributed by atoms with Crippen LogP contribution >= 0.6 is 0 Å². The predicted octanol–water partition coefficient (Wildman–Crippen LogP) is 1.78. The Morgan fingerprint density at radius 2 is 1.47 bits per heavy atom. The second kappa shape index (κ2) is 9.32. The van der Waals surface area contributed by atoms with Crippen LogP contribution in [0.25, 0.3) is 0 Å². The van der Waals surface area contributed by atoms with Crippen molar-refractivity contribution in [1.29, 1.82) is 0 Å². The topological polar surface area (TPSA) is 129 Å². The van der Waals surface area contributed by atoms with Crippen LogP contribution in [0.15, 0.2) is 42.5 Å². The Bertz CT molecular complexity index is 930. The lowest BCUT2D eigenvalue weighted by molar-refractivity contribution is -0.140. The van der Waals surface area contributed by atoms with Crippen LogP contribution in [-0.2, 0) is 26.2 Å². The molecule has 1 amide bonds. The second-order valence-electron chi connectivity index (χ2n) is 8.12. The quantitative estimate of drug-likeness (QED) is 0.544. The number of benzene rings is 2. The molecule has 2 aromatic carbocycles. The van der Waals surface area contributed by atoms with Crippen molar-refractivity contribution in [2.24, 2.45) is 17.2 Å². The van der Waals surface area contributed by atoms with E-state index >= 15 is 0 Å². The van der Waals surface area contributed by atoms with Gasteiger partial charge in [0.05, 0.1) is 18.5 Å². The summed E-state index contributed by atoms with van der Waals surface area (Å²) < 4.78 is 0. The minimum absolute atomic E-state index is 0.246. The number of aryl methyl sites for hydroxylation is 3. The van der Waals surface area contributed by atoms with Gasteiger partial charge in [0.2, 0.25) is 5.91 Å². The van der Waals surface area contributed by atoms with E-state index < -0.39 is 41.4 Å². The maximum atomic E-state index is 13.7. The van der Waals surface area contributed by atoms with E-state index in [-0.39, 0.29) is 6.42 Å². The number of Topliss-reactive ketones (excluding diaryl/α,β-unsaturated/α-hetero) is 2. The number of hydrogen-bond acceptors (Lipinski definition) is 5. The summed E-state index contributed by atoms with van der Waals surface area (Å²) in [4.78, 5) is 39.0. The van der Waals surface area contributed by atoms with E-state index in [1.54, 1.807) is 30.3 Å². The first-order valence-electron chi connectivity index (χ1n) is 10.0. The normalized spacial score (nSPS) is 15.1. The van der Waals surface area contributed by atoms with E-state index in [4.69, 9.17) is 17.2 Å². The van der Waals surface area contributed by atoms with Crippen molar-refractivity contribution in [3.8, 4) is 0 Å². The molecule has 160 valence electrons. The Labute approximate surface area is 177 Å². The standard InChI is InChI=1S/C24H31N3O3/c1-14-10-15(2)19(16(3)11-14)12-20(26)23(30)24(13-21(27)28,22(29)17(4)25)18-8-6-5-7-9-18/h5-11,17,20H,12-13,25-26H2,1-4H3,(H2,27,28)/t17-,20+,24?/m1/s1. The molecule has 1 unspecified atom stereocenters. The number of ketones is 2. The molecule has 0 aliphatic rings. The molecule has 0 radical (unpaired) electrons. The van der Waals surface area contributed by atoms with Gasteiger partial charge in [0.15, 0.2) is 11.6 Å². The number of rotatable bonds is 9. The molecule has 2 rings (SSSR count). The van der Waals surface area contributed by atoms with E-state index in [1.807, 2.05) is 32.9 Å². The highest BCUT2D eigenvalue weighted by molar-refractivity contribution is 6.18. The second-order valence-corrected chi connectivity index (χ2v) is 8.12. The summed E-state index contributed by atoms with van der Waals surface area (Å²) in [6, 6.07) is 10.5. The fourth-order valence-electron chi connectivity index (χ4n) is 4.22. The van der Waals surface area contributed by atoms with Gasteiger partial charge in [0.1, 0.15) is 5.41 Å². The molecule has 6 nitrogen and oxygen atoms in total. The minimum atomic E-state index is -1.81. The highest BCUT2D eigenvalue weighted by Gasteiger charge is 2.50. The van der Waals surface area contributed by atoms with Gasteiger partial charge >= 0.3 is 0 Å². The fourth-order valence-corrected chi connectivity index (χ4v) is 4.22. The molecule has 0 spiro atoms. The van der Waals surface area contributed by atoms with Gasteiger partial charge in [-0.15, -0.1) is 0 Å². The summed E-state index contributed by atoms with van der Waals surface area (Å²) in [6.45, 7) is 7.43. The first-order chi connectivity index (χ1) is 14.0. The highest BCUT2D eigenvalue weighted by atomic mass is 16.2. The van der Waals surface area contributed by atoms with E-state index in [0.717, 1.165) is 22.3 Å². The zero-order valence-corrected chi connectivity index (χ0v) is 18.1. The predicted molar refractivity (Wildman–Crippen MR) is 118 cm³/mol. The maximum absolute atomic E-state index is 13.7. The number of carbonyl (C=O) groups excluding carboxylic acids is 3. The third-order valence-corrected chi connectivity index (χ3v) is 5.56. The van der Waals surface area contributed by atoms with Crippen LogP contribution in [0.1, 0.15) is 41.2 Å². The minimum Gasteiger partial charge on any atom is -0.370 e. The van der Waals surface area contributed by atoms with Crippen molar-refractivity contribution >= 4 is 17.5 Å². The first kappa shape index (κ1) is 23.4. The summed E-state index contributed by atoms with van der Waals surface area (Å²) in [7, 11) is 0. The Hall–Kier alpha value is -2.83.